The summed E-state index contributed by atoms with van der Waals surface area (Å²) in [5.41, 5.74) is 7.73. The molecule has 0 bridgehead atoms. The number of amides is 2. The van der Waals surface area contributed by atoms with Gasteiger partial charge in [-0.15, -0.1) is 0 Å². The van der Waals surface area contributed by atoms with Crippen molar-refractivity contribution in [3.8, 4) is 0 Å². The largest absolute Gasteiger partial charge is 0.337 e. The Balaban J connectivity index is 1.74. The number of nitrogens with zero attached hydrogens (tertiary/aromatic N) is 1. The lowest BCUT2D eigenvalue weighted by Gasteiger charge is -2.12. The third-order valence-electron chi connectivity index (χ3n) is 3.44. The van der Waals surface area contributed by atoms with Gasteiger partial charge in [0.15, 0.2) is 5.84 Å². The molecule has 0 aliphatic carbocycles. The highest BCUT2D eigenvalue weighted by atomic mass is 35.5. The van der Waals surface area contributed by atoms with Crippen molar-refractivity contribution in [2.75, 3.05) is 5.32 Å². The van der Waals surface area contributed by atoms with Crippen LogP contribution in [0, 0.1) is 0 Å². The molecule has 0 fully saturated rings. The third kappa shape index (κ3) is 5.09. The van der Waals surface area contributed by atoms with E-state index in [1.807, 2.05) is 48.5 Å². The molecule has 0 saturated heterocycles. The number of amidine groups is 1. The lowest BCUT2D eigenvalue weighted by molar-refractivity contribution is 0.250. The first-order valence-electron chi connectivity index (χ1n) is 7.98. The second-order valence-corrected chi connectivity index (χ2v) is 5.81. The fourth-order valence-electron chi connectivity index (χ4n) is 2.21. The van der Waals surface area contributed by atoms with Gasteiger partial charge in [-0.05, 0) is 36.4 Å². The monoisotopic (exact) mass is 364 g/mol. The van der Waals surface area contributed by atoms with E-state index >= 15 is 0 Å². The van der Waals surface area contributed by atoms with Crippen LogP contribution in [0.5, 0.6) is 0 Å². The number of nitrogens with one attached hydrogen (secondary N) is 3. The quantitative estimate of drug-likeness (QED) is 0.357. The van der Waals surface area contributed by atoms with Crippen LogP contribution in [-0.2, 0) is 0 Å². The summed E-state index contributed by atoms with van der Waals surface area (Å²) >= 11 is 5.92. The van der Waals surface area contributed by atoms with E-state index < -0.39 is 6.03 Å². The van der Waals surface area contributed by atoms with Crippen molar-refractivity contribution in [3.05, 3.63) is 95.5 Å². The first kappa shape index (κ1) is 17.5. The van der Waals surface area contributed by atoms with Gasteiger partial charge in [0.2, 0.25) is 0 Å². The summed E-state index contributed by atoms with van der Waals surface area (Å²) in [6.45, 7) is 0. The minimum atomic E-state index is -0.393. The maximum absolute atomic E-state index is 12.1. The van der Waals surface area contributed by atoms with Crippen molar-refractivity contribution >= 4 is 34.8 Å². The summed E-state index contributed by atoms with van der Waals surface area (Å²) in [5, 5.41) is 3.37. The zero-order valence-electron chi connectivity index (χ0n) is 13.8. The van der Waals surface area contributed by atoms with E-state index in [-0.39, 0.29) is 0 Å². The van der Waals surface area contributed by atoms with Gasteiger partial charge in [0.1, 0.15) is 0 Å². The molecule has 3 aromatic carbocycles. The van der Waals surface area contributed by atoms with E-state index in [4.69, 9.17) is 11.6 Å². The van der Waals surface area contributed by atoms with Crippen LogP contribution in [0.1, 0.15) is 5.56 Å². The lowest BCUT2D eigenvalue weighted by Crippen LogP contribution is -2.44. The molecule has 0 aliphatic heterocycles. The number of rotatable bonds is 3. The van der Waals surface area contributed by atoms with Crippen LogP contribution in [0.25, 0.3) is 0 Å². The van der Waals surface area contributed by atoms with Crippen molar-refractivity contribution in [2.24, 2.45) is 4.99 Å². The number of carbonyl (C=O) groups is 1. The minimum Gasteiger partial charge on any atom is -0.307 e. The fraction of sp³-hybridized carbons (Fsp3) is 0. The van der Waals surface area contributed by atoms with Gasteiger partial charge in [0.05, 0.1) is 5.69 Å². The Morgan fingerprint density at radius 2 is 1.38 bits per heavy atom. The summed E-state index contributed by atoms with van der Waals surface area (Å²) in [6, 6.07) is 25.4. The van der Waals surface area contributed by atoms with Gasteiger partial charge < -0.3 is 5.32 Å². The smallest absolute Gasteiger partial charge is 0.307 e. The predicted octanol–water partition coefficient (Wildman–Crippen LogP) is 4.74. The molecule has 0 atom stereocenters. The number of urea groups is 1. The maximum Gasteiger partial charge on any atom is 0.337 e. The SMILES string of the molecule is O=C(NNC(=Nc1ccc(Cl)cc1)c1ccccc1)Nc1ccccc1. The fourth-order valence-corrected chi connectivity index (χ4v) is 2.33. The molecular weight excluding hydrogens is 348 g/mol. The molecule has 5 nitrogen and oxygen atoms in total. The third-order valence-corrected chi connectivity index (χ3v) is 3.69. The van der Waals surface area contributed by atoms with Crippen molar-refractivity contribution < 1.29 is 4.79 Å². The van der Waals surface area contributed by atoms with Crippen LogP contribution < -0.4 is 16.2 Å². The van der Waals surface area contributed by atoms with E-state index in [2.05, 4.69) is 21.2 Å². The Labute approximate surface area is 156 Å². The highest BCUT2D eigenvalue weighted by Crippen LogP contribution is 2.17. The van der Waals surface area contributed by atoms with Gasteiger partial charge in [-0.3, -0.25) is 10.9 Å². The molecule has 2 amide bonds. The van der Waals surface area contributed by atoms with E-state index in [9.17, 15) is 4.79 Å². The minimum absolute atomic E-state index is 0.393. The zero-order chi connectivity index (χ0) is 18.2. The summed E-state index contributed by atoms with van der Waals surface area (Å²) in [6.07, 6.45) is 0. The molecule has 0 saturated carbocycles. The van der Waals surface area contributed by atoms with Gasteiger partial charge in [0, 0.05) is 16.3 Å². The number of anilines is 1. The molecule has 0 unspecified atom stereocenters. The predicted molar refractivity (Wildman–Crippen MR) is 106 cm³/mol. The molecule has 26 heavy (non-hydrogen) atoms. The zero-order valence-corrected chi connectivity index (χ0v) is 14.6. The number of aliphatic imine (C=N–C) groups is 1. The van der Waals surface area contributed by atoms with Crippen molar-refractivity contribution in [2.45, 2.75) is 0 Å². The molecule has 3 rings (SSSR count). The van der Waals surface area contributed by atoms with Gasteiger partial charge in [0.25, 0.3) is 0 Å². The Morgan fingerprint density at radius 1 is 0.769 bits per heavy atom. The molecular formula is C20H17ClN4O. The van der Waals surface area contributed by atoms with E-state index in [0.717, 1.165) is 5.56 Å². The number of hydrogen-bond donors (Lipinski definition) is 3. The van der Waals surface area contributed by atoms with Gasteiger partial charge in [-0.2, -0.15) is 0 Å². The number of benzene rings is 3. The molecule has 3 N–H and O–H groups in total. The summed E-state index contributed by atoms with van der Waals surface area (Å²) in [5.74, 6) is 0.510. The normalized spacial score (nSPS) is 10.9. The number of carbonyl (C=O) groups excluding carboxylic acids is 1. The second-order valence-electron chi connectivity index (χ2n) is 5.37. The number of para-hydroxylation sites is 1. The highest BCUT2D eigenvalue weighted by molar-refractivity contribution is 6.30. The van der Waals surface area contributed by atoms with Crippen LogP contribution in [0.15, 0.2) is 89.9 Å². The number of hydrazine groups is 1. The first-order chi connectivity index (χ1) is 12.7. The topological polar surface area (TPSA) is 65.5 Å². The Bertz CT molecular complexity index is 881. The molecule has 0 aliphatic rings. The van der Waals surface area contributed by atoms with Crippen molar-refractivity contribution in [1.29, 1.82) is 0 Å². The number of hydrogen-bond acceptors (Lipinski definition) is 2. The van der Waals surface area contributed by atoms with E-state index in [0.29, 0.717) is 22.2 Å². The second kappa shape index (κ2) is 8.69. The van der Waals surface area contributed by atoms with Gasteiger partial charge in [-0.1, -0.05) is 60.1 Å². The van der Waals surface area contributed by atoms with Crippen molar-refractivity contribution in [3.63, 3.8) is 0 Å². The molecule has 3 aromatic rings. The lowest BCUT2D eigenvalue weighted by atomic mass is 10.2. The molecule has 0 aromatic heterocycles. The van der Waals surface area contributed by atoms with Crippen LogP contribution in [0.2, 0.25) is 5.02 Å². The standard InChI is InChI=1S/C20H17ClN4O/c21-16-11-13-18(14-12-16)22-19(15-7-3-1-4-8-15)24-25-20(26)23-17-9-5-2-6-10-17/h1-14H,(H,22,24)(H2,23,25,26). The van der Waals surface area contributed by atoms with Crippen LogP contribution in [0.3, 0.4) is 0 Å². The molecule has 0 radical (unpaired) electrons. The summed E-state index contributed by atoms with van der Waals surface area (Å²) in [4.78, 5) is 16.6. The molecule has 130 valence electrons. The summed E-state index contributed by atoms with van der Waals surface area (Å²) < 4.78 is 0. The number of halogens is 1. The Morgan fingerprint density at radius 3 is 2.04 bits per heavy atom. The molecule has 6 heteroatoms. The summed E-state index contributed by atoms with van der Waals surface area (Å²) in [7, 11) is 0. The van der Waals surface area contributed by atoms with Gasteiger partial charge >= 0.3 is 6.03 Å². The van der Waals surface area contributed by atoms with Crippen molar-refractivity contribution in [1.82, 2.24) is 10.9 Å². The average molecular weight is 365 g/mol. The van der Waals surface area contributed by atoms with Gasteiger partial charge in [-0.25, -0.2) is 9.79 Å². The van der Waals surface area contributed by atoms with Crippen LogP contribution in [-0.4, -0.2) is 11.9 Å². The first-order valence-corrected chi connectivity index (χ1v) is 8.36. The Hall–Kier alpha value is -3.31. The Kier molecular flexibility index (Phi) is 5.85. The van der Waals surface area contributed by atoms with Crippen LogP contribution in [0.4, 0.5) is 16.2 Å². The van der Waals surface area contributed by atoms with Crippen LogP contribution >= 0.6 is 11.6 Å². The molecule has 0 heterocycles. The molecule has 0 spiro atoms. The average Bonchev–Trinajstić information content (AvgIpc) is 2.68. The maximum atomic E-state index is 12.1. The van der Waals surface area contributed by atoms with E-state index in [1.165, 1.54) is 0 Å². The van der Waals surface area contributed by atoms with E-state index in [1.54, 1.807) is 36.4 Å². The highest BCUT2D eigenvalue weighted by Gasteiger charge is 2.06.